The molecule has 0 unspecified atom stereocenters. The molecule has 5 nitrogen and oxygen atoms in total. The first kappa shape index (κ1) is 24.2. The van der Waals surface area contributed by atoms with Crippen molar-refractivity contribution in [2.24, 2.45) is 0 Å². The van der Waals surface area contributed by atoms with Crippen molar-refractivity contribution in [1.82, 2.24) is 4.98 Å². The Hall–Kier alpha value is -3.46. The highest BCUT2D eigenvalue weighted by Crippen LogP contribution is 2.29. The van der Waals surface area contributed by atoms with E-state index in [1.807, 2.05) is 0 Å². The molecule has 1 N–H and O–H groups in total. The highest BCUT2D eigenvalue weighted by atomic mass is 19.4. The topological polar surface area (TPSA) is 62.7 Å². The minimum absolute atomic E-state index is 0.0429. The van der Waals surface area contributed by atoms with Crippen LogP contribution in [0, 0.1) is 12.7 Å². The third kappa shape index (κ3) is 5.87. The molecule has 33 heavy (non-hydrogen) atoms. The lowest BCUT2D eigenvalue weighted by Crippen LogP contribution is -2.37. The lowest BCUT2D eigenvalue weighted by Gasteiger charge is -2.26. The summed E-state index contributed by atoms with van der Waals surface area (Å²) < 4.78 is 56.8. The van der Waals surface area contributed by atoms with E-state index < -0.39 is 29.6 Å². The molecule has 0 aliphatic carbocycles. The number of hydrogen-bond acceptors (Lipinski definition) is 4. The summed E-state index contributed by atoms with van der Waals surface area (Å²) in [7, 11) is 1.51. The first-order valence-corrected chi connectivity index (χ1v) is 10.0. The number of aliphatic hydroxyl groups excluding tert-OH is 1. The van der Waals surface area contributed by atoms with E-state index >= 15 is 0 Å². The van der Waals surface area contributed by atoms with Crippen molar-refractivity contribution < 1.29 is 32.2 Å². The molecule has 1 heterocycles. The number of nitrogens with zero attached hydrogens (tertiary/aromatic N) is 2. The largest absolute Gasteiger partial charge is 0.496 e. The minimum atomic E-state index is -4.49. The lowest BCUT2D eigenvalue weighted by atomic mass is 10.1. The molecule has 9 heteroatoms. The second-order valence-electron chi connectivity index (χ2n) is 7.38. The Balaban J connectivity index is 1.87. The highest BCUT2D eigenvalue weighted by Gasteiger charge is 2.31. The summed E-state index contributed by atoms with van der Waals surface area (Å²) in [6, 6.07) is 12.1. The maximum atomic E-state index is 13.2. The van der Waals surface area contributed by atoms with E-state index in [0.717, 1.165) is 30.0 Å². The third-order valence-electron chi connectivity index (χ3n) is 5.12. The van der Waals surface area contributed by atoms with Crippen molar-refractivity contribution >= 4 is 11.6 Å². The molecule has 1 aromatic heterocycles. The molecule has 3 aromatic rings. The number of aryl methyl sites for hydroxylation is 1. The number of anilines is 1. The van der Waals surface area contributed by atoms with E-state index in [4.69, 9.17) is 4.74 Å². The van der Waals surface area contributed by atoms with E-state index in [-0.39, 0.29) is 18.5 Å². The van der Waals surface area contributed by atoms with Crippen LogP contribution >= 0.6 is 0 Å². The molecule has 1 amide bonds. The van der Waals surface area contributed by atoms with E-state index in [1.165, 1.54) is 30.2 Å². The van der Waals surface area contributed by atoms with Gasteiger partial charge in [-0.25, -0.2) is 4.39 Å². The molecule has 1 atom stereocenters. The fraction of sp³-hybridized carbons (Fsp3) is 0.250. The number of pyridine rings is 1. The Labute approximate surface area is 188 Å². The second-order valence-corrected chi connectivity index (χ2v) is 7.38. The molecule has 0 saturated carbocycles. The van der Waals surface area contributed by atoms with Gasteiger partial charge in [0.1, 0.15) is 11.6 Å². The Morgan fingerprint density at radius 1 is 1.12 bits per heavy atom. The predicted molar refractivity (Wildman–Crippen MR) is 114 cm³/mol. The van der Waals surface area contributed by atoms with Crippen LogP contribution in [0.25, 0.3) is 0 Å². The van der Waals surface area contributed by atoms with Gasteiger partial charge in [-0.3, -0.25) is 9.78 Å². The molecule has 0 fully saturated rings. The zero-order chi connectivity index (χ0) is 24.2. The van der Waals surface area contributed by atoms with E-state index in [0.29, 0.717) is 17.1 Å². The van der Waals surface area contributed by atoms with Gasteiger partial charge in [-0.15, -0.1) is 0 Å². The predicted octanol–water partition coefficient (Wildman–Crippen LogP) is 4.87. The number of benzene rings is 2. The van der Waals surface area contributed by atoms with Crippen LogP contribution in [-0.4, -0.2) is 29.7 Å². The zero-order valence-electron chi connectivity index (χ0n) is 17.9. The average Bonchev–Trinajstić information content (AvgIpc) is 2.79. The summed E-state index contributed by atoms with van der Waals surface area (Å²) >= 11 is 0. The van der Waals surface area contributed by atoms with Crippen LogP contribution in [0.2, 0.25) is 0 Å². The number of carbonyl (C=O) groups is 1. The number of aliphatic hydroxyl groups is 1. The van der Waals surface area contributed by atoms with Crippen LogP contribution in [-0.2, 0) is 17.4 Å². The number of aromatic nitrogens is 1. The van der Waals surface area contributed by atoms with E-state index in [1.54, 1.807) is 25.1 Å². The van der Waals surface area contributed by atoms with Crippen LogP contribution in [0.3, 0.4) is 0 Å². The molecule has 0 aliphatic heterocycles. The van der Waals surface area contributed by atoms with Crippen LogP contribution in [0.4, 0.5) is 23.2 Å². The Bertz CT molecular complexity index is 1100. The van der Waals surface area contributed by atoms with Gasteiger partial charge >= 0.3 is 6.18 Å². The van der Waals surface area contributed by atoms with Gasteiger partial charge in [0.15, 0.2) is 6.10 Å². The molecule has 2 aromatic carbocycles. The maximum Gasteiger partial charge on any atom is 0.417 e. The summed E-state index contributed by atoms with van der Waals surface area (Å²) in [6.45, 7) is 1.83. The smallest absolute Gasteiger partial charge is 0.417 e. The van der Waals surface area contributed by atoms with Crippen molar-refractivity contribution in [3.8, 4) is 5.75 Å². The average molecular weight is 462 g/mol. The van der Waals surface area contributed by atoms with E-state index in [2.05, 4.69) is 4.98 Å². The van der Waals surface area contributed by atoms with Gasteiger partial charge in [-0.2, -0.15) is 13.2 Å². The van der Waals surface area contributed by atoms with Gasteiger partial charge in [-0.05, 0) is 60.5 Å². The van der Waals surface area contributed by atoms with Crippen LogP contribution in [0.1, 0.15) is 28.5 Å². The number of carbonyl (C=O) groups excluding carboxylic acids is 1. The Morgan fingerprint density at radius 3 is 2.36 bits per heavy atom. The monoisotopic (exact) mass is 462 g/mol. The molecule has 3 rings (SSSR count). The Kier molecular flexibility index (Phi) is 7.33. The van der Waals surface area contributed by atoms with Crippen LogP contribution in [0.5, 0.6) is 5.75 Å². The molecule has 0 radical (unpaired) electrons. The van der Waals surface area contributed by atoms with Crippen molar-refractivity contribution in [3.63, 3.8) is 0 Å². The molecule has 0 bridgehead atoms. The molecule has 174 valence electrons. The standard InChI is InChI=1S/C24H22F4N2O3/c1-15-13-20(9-10-21(15)33-2)30(23(32)22(31)16-3-6-18(25)7-4-16)12-11-19-8-5-17(14-29-19)24(26,27)28/h3-10,13-14,22,31H,11-12H2,1-2H3/t22-/m0/s1. The summed E-state index contributed by atoms with van der Waals surface area (Å²) in [4.78, 5) is 18.3. The Morgan fingerprint density at radius 2 is 1.82 bits per heavy atom. The van der Waals surface area contributed by atoms with Gasteiger partial charge in [-0.1, -0.05) is 12.1 Å². The first-order valence-electron chi connectivity index (χ1n) is 10.0. The number of rotatable bonds is 7. The second kappa shape index (κ2) is 9.99. The summed E-state index contributed by atoms with van der Waals surface area (Å²) in [5.74, 6) is -0.567. The first-order chi connectivity index (χ1) is 15.6. The summed E-state index contributed by atoms with van der Waals surface area (Å²) in [5.41, 5.74) is 0.909. The van der Waals surface area contributed by atoms with Gasteiger partial charge < -0.3 is 14.7 Å². The number of amides is 1. The fourth-order valence-corrected chi connectivity index (χ4v) is 3.30. The van der Waals surface area contributed by atoms with Crippen molar-refractivity contribution in [1.29, 1.82) is 0 Å². The fourth-order valence-electron chi connectivity index (χ4n) is 3.30. The van der Waals surface area contributed by atoms with Crippen molar-refractivity contribution in [3.05, 3.63) is 89.0 Å². The van der Waals surface area contributed by atoms with Crippen molar-refractivity contribution in [2.45, 2.75) is 25.6 Å². The number of hydrogen-bond donors (Lipinski definition) is 1. The minimum Gasteiger partial charge on any atom is -0.496 e. The lowest BCUT2D eigenvalue weighted by molar-refractivity contribution is -0.137. The normalized spacial score (nSPS) is 12.3. The van der Waals surface area contributed by atoms with Gasteiger partial charge in [0.25, 0.3) is 5.91 Å². The summed E-state index contributed by atoms with van der Waals surface area (Å²) in [5, 5.41) is 10.6. The molecular weight excluding hydrogens is 440 g/mol. The van der Waals surface area contributed by atoms with Gasteiger partial charge in [0, 0.05) is 30.5 Å². The molecule has 0 saturated heterocycles. The quantitative estimate of drug-likeness (QED) is 0.509. The SMILES string of the molecule is COc1ccc(N(CCc2ccc(C(F)(F)F)cn2)C(=O)[C@@H](O)c2ccc(F)cc2)cc1C. The number of ether oxygens (including phenoxy) is 1. The molecule has 0 aliphatic rings. The van der Waals surface area contributed by atoms with Crippen molar-refractivity contribution in [2.75, 3.05) is 18.6 Å². The maximum absolute atomic E-state index is 13.2. The van der Waals surface area contributed by atoms with Crippen LogP contribution in [0.15, 0.2) is 60.8 Å². The molecule has 0 spiro atoms. The molecular formula is C24H22F4N2O3. The number of alkyl halides is 3. The van der Waals surface area contributed by atoms with Gasteiger partial charge in [0.2, 0.25) is 0 Å². The van der Waals surface area contributed by atoms with Gasteiger partial charge in [0.05, 0.1) is 12.7 Å². The number of methoxy groups -OCH3 is 1. The summed E-state index contributed by atoms with van der Waals surface area (Å²) in [6.07, 6.45) is -5.17. The zero-order valence-corrected chi connectivity index (χ0v) is 17.9. The number of halogens is 4. The third-order valence-corrected chi connectivity index (χ3v) is 5.12. The van der Waals surface area contributed by atoms with E-state index in [9.17, 15) is 27.5 Å². The highest BCUT2D eigenvalue weighted by molar-refractivity contribution is 5.97. The van der Waals surface area contributed by atoms with Crippen LogP contribution < -0.4 is 9.64 Å².